The van der Waals surface area contributed by atoms with Gasteiger partial charge < -0.3 is 11.1 Å². The molecule has 0 aliphatic carbocycles. The molecule has 8 heteroatoms. The number of rotatable bonds is 5. The Morgan fingerprint density at radius 2 is 2.30 bits per heavy atom. The van der Waals surface area contributed by atoms with Crippen molar-refractivity contribution < 1.29 is 9.72 Å². The number of nitrogens with two attached hydrogens (primary N) is 1. The van der Waals surface area contributed by atoms with E-state index in [1.54, 1.807) is 6.20 Å². The van der Waals surface area contributed by atoms with E-state index in [1.807, 2.05) is 6.92 Å². The van der Waals surface area contributed by atoms with E-state index < -0.39 is 10.8 Å². The molecule has 8 nitrogen and oxygen atoms in total. The molecule has 1 heterocycles. The summed E-state index contributed by atoms with van der Waals surface area (Å²) < 4.78 is 0. The molecule has 0 fully saturated rings. The number of amides is 1. The summed E-state index contributed by atoms with van der Waals surface area (Å²) in [5, 5.41) is 20.5. The van der Waals surface area contributed by atoms with Gasteiger partial charge in [0.05, 0.1) is 11.1 Å². The zero-order valence-corrected chi connectivity index (χ0v) is 10.7. The normalized spacial score (nSPS) is 10.2. The molecular formula is C12H13N5O3. The molecule has 0 saturated carbocycles. The molecule has 2 rings (SSSR count). The predicted octanol–water partition coefficient (Wildman–Crippen LogP) is 1.34. The Labute approximate surface area is 114 Å². The smallest absolute Gasteiger partial charge is 0.292 e. The Morgan fingerprint density at radius 3 is 2.85 bits per heavy atom. The van der Waals surface area contributed by atoms with E-state index in [0.717, 1.165) is 11.3 Å². The van der Waals surface area contributed by atoms with Gasteiger partial charge in [-0.2, -0.15) is 5.10 Å². The van der Waals surface area contributed by atoms with Crippen molar-refractivity contribution in [1.29, 1.82) is 0 Å². The van der Waals surface area contributed by atoms with E-state index in [2.05, 4.69) is 15.5 Å². The van der Waals surface area contributed by atoms with Crippen molar-refractivity contribution in [3.8, 4) is 0 Å². The zero-order chi connectivity index (χ0) is 14.7. The van der Waals surface area contributed by atoms with E-state index in [4.69, 9.17) is 5.73 Å². The second kappa shape index (κ2) is 5.39. The lowest BCUT2D eigenvalue weighted by atomic mass is 10.1. The van der Waals surface area contributed by atoms with Crippen molar-refractivity contribution in [2.24, 2.45) is 5.73 Å². The van der Waals surface area contributed by atoms with Crippen molar-refractivity contribution in [2.75, 3.05) is 5.32 Å². The number of carbonyl (C=O) groups is 1. The van der Waals surface area contributed by atoms with E-state index in [0.29, 0.717) is 6.54 Å². The molecule has 104 valence electrons. The predicted molar refractivity (Wildman–Crippen MR) is 72.3 cm³/mol. The van der Waals surface area contributed by atoms with Crippen molar-refractivity contribution in [1.82, 2.24) is 10.2 Å². The number of aryl methyl sites for hydroxylation is 1. The molecule has 0 saturated heterocycles. The van der Waals surface area contributed by atoms with Gasteiger partial charge in [0.25, 0.3) is 5.69 Å². The average molecular weight is 275 g/mol. The molecule has 2 aromatic rings. The van der Waals surface area contributed by atoms with Crippen LogP contribution >= 0.6 is 0 Å². The highest BCUT2D eigenvalue weighted by Crippen LogP contribution is 2.26. The van der Waals surface area contributed by atoms with Crippen LogP contribution < -0.4 is 11.1 Å². The van der Waals surface area contributed by atoms with E-state index in [9.17, 15) is 14.9 Å². The molecule has 0 unspecified atom stereocenters. The number of nitro groups is 1. The van der Waals surface area contributed by atoms with Crippen molar-refractivity contribution in [2.45, 2.75) is 13.5 Å². The van der Waals surface area contributed by atoms with E-state index in [-0.39, 0.29) is 16.9 Å². The van der Waals surface area contributed by atoms with E-state index in [1.165, 1.54) is 18.2 Å². The number of nitrogens with zero attached hydrogens (tertiary/aromatic N) is 2. The third-order valence-corrected chi connectivity index (χ3v) is 2.88. The van der Waals surface area contributed by atoms with Gasteiger partial charge in [-0.3, -0.25) is 20.0 Å². The summed E-state index contributed by atoms with van der Waals surface area (Å²) in [5.74, 6) is -0.637. The standard InChI is InChI=1S/C12H13N5O3/c1-7-9(6-15-16-7)5-14-10-4-8(12(13)18)2-3-11(10)17(19)20/h2-4,6,14H,5H2,1H3,(H2,13,18)(H,15,16). The zero-order valence-electron chi connectivity index (χ0n) is 10.7. The summed E-state index contributed by atoms with van der Waals surface area (Å²) in [5.41, 5.74) is 7.26. The molecule has 4 N–H and O–H groups in total. The molecule has 20 heavy (non-hydrogen) atoms. The van der Waals surface area contributed by atoms with Crippen molar-refractivity contribution >= 4 is 17.3 Å². The third-order valence-electron chi connectivity index (χ3n) is 2.88. The summed E-state index contributed by atoms with van der Waals surface area (Å²) in [4.78, 5) is 21.6. The minimum atomic E-state index is -0.637. The maximum Gasteiger partial charge on any atom is 0.292 e. The van der Waals surface area contributed by atoms with Gasteiger partial charge in [-0.05, 0) is 19.1 Å². The van der Waals surface area contributed by atoms with Gasteiger partial charge in [0.2, 0.25) is 5.91 Å². The fourth-order valence-corrected chi connectivity index (χ4v) is 1.73. The molecule has 0 aliphatic heterocycles. The number of hydrogen-bond acceptors (Lipinski definition) is 5. The van der Waals surface area contributed by atoms with Crippen molar-refractivity contribution in [3.63, 3.8) is 0 Å². The highest BCUT2D eigenvalue weighted by Gasteiger charge is 2.16. The fourth-order valence-electron chi connectivity index (χ4n) is 1.73. The number of primary amides is 1. The van der Waals surface area contributed by atoms with Gasteiger partial charge in [0.15, 0.2) is 0 Å². The van der Waals surface area contributed by atoms with Crippen LogP contribution in [0.5, 0.6) is 0 Å². The summed E-state index contributed by atoms with van der Waals surface area (Å²) in [6.45, 7) is 2.20. The third kappa shape index (κ3) is 2.74. The molecule has 1 aromatic heterocycles. The van der Waals surface area contributed by atoms with Gasteiger partial charge in [0.1, 0.15) is 5.69 Å². The van der Waals surface area contributed by atoms with Crippen LogP contribution in [0.4, 0.5) is 11.4 Å². The van der Waals surface area contributed by atoms with Crippen LogP contribution in [0.1, 0.15) is 21.6 Å². The lowest BCUT2D eigenvalue weighted by Gasteiger charge is -2.07. The Kier molecular flexibility index (Phi) is 3.65. The van der Waals surface area contributed by atoms with Crippen LogP contribution in [-0.2, 0) is 6.54 Å². The second-order valence-corrected chi connectivity index (χ2v) is 4.23. The number of H-pyrrole nitrogens is 1. The molecule has 1 aromatic carbocycles. The molecule has 0 aliphatic rings. The van der Waals surface area contributed by atoms with Gasteiger partial charge in [0, 0.05) is 29.4 Å². The average Bonchev–Trinajstić information content (AvgIpc) is 2.81. The minimum absolute atomic E-state index is 0.115. The number of nitro benzene ring substituents is 1. The van der Waals surface area contributed by atoms with Gasteiger partial charge in [-0.1, -0.05) is 0 Å². The Hall–Kier alpha value is -2.90. The van der Waals surface area contributed by atoms with Gasteiger partial charge >= 0.3 is 0 Å². The molecule has 0 bridgehead atoms. The Bertz CT molecular complexity index is 665. The SMILES string of the molecule is Cc1[nH]ncc1CNc1cc(C(N)=O)ccc1[N+](=O)[O-]. The number of aromatic nitrogens is 2. The largest absolute Gasteiger partial charge is 0.375 e. The molecule has 0 spiro atoms. The lowest BCUT2D eigenvalue weighted by molar-refractivity contribution is -0.384. The summed E-state index contributed by atoms with van der Waals surface area (Å²) in [7, 11) is 0. The summed E-state index contributed by atoms with van der Waals surface area (Å²) in [6, 6.07) is 3.95. The highest BCUT2D eigenvalue weighted by molar-refractivity contribution is 5.94. The van der Waals surface area contributed by atoms with E-state index >= 15 is 0 Å². The fraction of sp³-hybridized carbons (Fsp3) is 0.167. The van der Waals surface area contributed by atoms with Gasteiger partial charge in [-0.15, -0.1) is 0 Å². The highest BCUT2D eigenvalue weighted by atomic mass is 16.6. The number of benzene rings is 1. The number of aromatic amines is 1. The molecule has 1 amide bonds. The van der Waals surface area contributed by atoms with Crippen molar-refractivity contribution in [3.05, 3.63) is 51.3 Å². The molecule has 0 atom stereocenters. The topological polar surface area (TPSA) is 127 Å². The molecule has 0 radical (unpaired) electrons. The van der Waals surface area contributed by atoms with Crippen LogP contribution in [0.25, 0.3) is 0 Å². The maximum absolute atomic E-state index is 11.1. The molecular weight excluding hydrogens is 262 g/mol. The number of anilines is 1. The Morgan fingerprint density at radius 1 is 1.55 bits per heavy atom. The summed E-state index contributed by atoms with van der Waals surface area (Å²) >= 11 is 0. The first-order chi connectivity index (χ1) is 9.49. The van der Waals surface area contributed by atoms with Crippen LogP contribution in [-0.4, -0.2) is 21.0 Å². The summed E-state index contributed by atoms with van der Waals surface area (Å²) in [6.07, 6.45) is 1.63. The Balaban J connectivity index is 2.28. The van der Waals surface area contributed by atoms with Gasteiger partial charge in [-0.25, -0.2) is 0 Å². The van der Waals surface area contributed by atoms with Crippen LogP contribution in [0.3, 0.4) is 0 Å². The number of hydrogen-bond donors (Lipinski definition) is 3. The monoisotopic (exact) mass is 275 g/mol. The number of nitrogens with one attached hydrogen (secondary N) is 2. The maximum atomic E-state index is 11.1. The lowest BCUT2D eigenvalue weighted by Crippen LogP contribution is -2.12. The first kappa shape index (κ1) is 13.5. The second-order valence-electron chi connectivity index (χ2n) is 4.23. The minimum Gasteiger partial charge on any atom is -0.375 e. The first-order valence-electron chi connectivity index (χ1n) is 5.80. The quantitative estimate of drug-likeness (QED) is 0.560. The van der Waals surface area contributed by atoms with Crippen LogP contribution in [0, 0.1) is 17.0 Å². The van der Waals surface area contributed by atoms with Crippen LogP contribution in [0.2, 0.25) is 0 Å². The number of carbonyl (C=O) groups excluding carboxylic acids is 1. The van der Waals surface area contributed by atoms with Crippen LogP contribution in [0.15, 0.2) is 24.4 Å². The first-order valence-corrected chi connectivity index (χ1v) is 5.80.